The molecule has 0 bridgehead atoms. The standard InChI is InChI=1S/C26H24Cl2N2O6S4/c1-17(3-9-24-29(12-2-14-39(31,32)33)20-15-18(27)5-7-22(20)37-24)4-10-25-30(13-11-26(30)40(34,35)36)21-16-19(28)6-8-23(21)38-25/h3-10,15-16,26H,2,11-14H2,1H3/p+2. The summed E-state index contributed by atoms with van der Waals surface area (Å²) in [6, 6.07) is 10.9. The van der Waals surface area contributed by atoms with E-state index in [4.69, 9.17) is 27.8 Å². The Morgan fingerprint density at radius 1 is 1.12 bits per heavy atom. The minimum Gasteiger partial charge on any atom is -0.286 e. The lowest BCUT2D eigenvalue weighted by atomic mass is 10.1. The molecule has 0 radical (unpaired) electrons. The number of thiazole rings is 1. The minimum atomic E-state index is -4.29. The van der Waals surface area contributed by atoms with Crippen molar-refractivity contribution in [1.29, 1.82) is 0 Å². The second-order valence-corrected chi connectivity index (χ2v) is 15.8. The van der Waals surface area contributed by atoms with Crippen LogP contribution in [0.5, 0.6) is 0 Å². The average molecular weight is 662 g/mol. The number of allylic oxidation sites excluding steroid dienone is 4. The highest BCUT2D eigenvalue weighted by atomic mass is 35.5. The van der Waals surface area contributed by atoms with Gasteiger partial charge in [-0.1, -0.05) is 52.3 Å². The third-order valence-electron chi connectivity index (χ3n) is 6.98. The predicted molar refractivity (Wildman–Crippen MR) is 163 cm³/mol. The zero-order valence-electron chi connectivity index (χ0n) is 21.2. The van der Waals surface area contributed by atoms with Crippen LogP contribution in [0.2, 0.25) is 10.0 Å². The molecule has 1 saturated heterocycles. The van der Waals surface area contributed by atoms with Crippen LogP contribution in [0.25, 0.3) is 16.3 Å². The van der Waals surface area contributed by atoms with Gasteiger partial charge in [0, 0.05) is 40.8 Å². The number of halogens is 2. The number of hydrogen-bond donors (Lipinski definition) is 2. The molecule has 8 nitrogen and oxygen atoms in total. The van der Waals surface area contributed by atoms with Crippen molar-refractivity contribution < 1.29 is 30.5 Å². The molecule has 212 valence electrons. The topological polar surface area (TPSA) is 113 Å². The normalized spacial score (nSPS) is 22.5. The van der Waals surface area contributed by atoms with Gasteiger partial charge in [0.05, 0.1) is 23.6 Å². The number of thioether (sulfide) groups is 1. The molecule has 14 heteroatoms. The zero-order chi connectivity index (χ0) is 28.9. The summed E-state index contributed by atoms with van der Waals surface area (Å²) in [5.74, 6) is -0.344. The molecule has 2 atom stereocenters. The molecule has 0 amide bonds. The van der Waals surface area contributed by atoms with Gasteiger partial charge in [-0.05, 0) is 43.0 Å². The van der Waals surface area contributed by atoms with Gasteiger partial charge in [0.2, 0.25) is 10.9 Å². The van der Waals surface area contributed by atoms with Gasteiger partial charge in [-0.15, -0.1) is 0 Å². The fourth-order valence-corrected chi connectivity index (χ4v) is 9.52. The summed E-state index contributed by atoms with van der Waals surface area (Å²) in [7, 11) is -8.36. The van der Waals surface area contributed by atoms with Crippen LogP contribution in [0.1, 0.15) is 24.8 Å². The molecule has 1 aromatic heterocycles. The monoisotopic (exact) mass is 660 g/mol. The fraction of sp³-hybridized carbons (Fsp3) is 0.269. The first kappa shape index (κ1) is 29.7. The van der Waals surface area contributed by atoms with E-state index in [1.165, 1.54) is 23.1 Å². The van der Waals surface area contributed by atoms with Crippen LogP contribution in [0.3, 0.4) is 0 Å². The summed E-state index contributed by atoms with van der Waals surface area (Å²) in [4.78, 5) is 0.903. The molecule has 40 heavy (non-hydrogen) atoms. The summed E-state index contributed by atoms with van der Waals surface area (Å²) in [5.41, 5.74) is 2.54. The molecule has 0 aliphatic carbocycles. The minimum absolute atomic E-state index is 0.0255. The van der Waals surface area contributed by atoms with Crippen LogP contribution < -0.4 is 9.05 Å². The highest BCUT2D eigenvalue weighted by Crippen LogP contribution is 2.58. The first-order valence-corrected chi connectivity index (χ1v) is 17.7. The maximum Gasteiger partial charge on any atom is 0.320 e. The van der Waals surface area contributed by atoms with Crippen molar-refractivity contribution in [3.05, 3.63) is 80.3 Å². The van der Waals surface area contributed by atoms with Crippen molar-refractivity contribution >= 4 is 88.5 Å². The van der Waals surface area contributed by atoms with E-state index in [0.29, 0.717) is 29.6 Å². The van der Waals surface area contributed by atoms with E-state index < -0.39 is 25.6 Å². The summed E-state index contributed by atoms with van der Waals surface area (Å²) in [6.07, 6.45) is 8.23. The van der Waals surface area contributed by atoms with Crippen molar-refractivity contribution in [2.24, 2.45) is 0 Å². The quantitative estimate of drug-likeness (QED) is 0.126. The fourth-order valence-electron chi connectivity index (χ4n) is 5.06. The second kappa shape index (κ2) is 11.2. The Hall–Kier alpha value is -1.74. The van der Waals surface area contributed by atoms with Crippen LogP contribution in [-0.4, -0.2) is 43.6 Å². The molecule has 3 heterocycles. The molecule has 3 aromatic rings. The van der Waals surface area contributed by atoms with Gasteiger partial charge < -0.3 is 0 Å². The third kappa shape index (κ3) is 5.92. The Morgan fingerprint density at radius 2 is 1.85 bits per heavy atom. The van der Waals surface area contributed by atoms with Crippen molar-refractivity contribution in [3.63, 3.8) is 0 Å². The van der Waals surface area contributed by atoms with Crippen LogP contribution >= 0.6 is 46.3 Å². The Labute approximate surface area is 251 Å². The maximum atomic E-state index is 12.3. The summed E-state index contributed by atoms with van der Waals surface area (Å²) in [6.45, 7) is 2.83. The molecule has 0 saturated carbocycles. The SMILES string of the molecule is CC(C=Cc1sc2ccc(Cl)cc2[n+]1CCCS(=O)(=O)O)=CC=C1Sc2ccc(Cl)cc2[N+]12CCC2S(=O)(=O)O. The number of quaternary nitrogens is 1. The molecule has 1 fully saturated rings. The summed E-state index contributed by atoms with van der Waals surface area (Å²) >= 11 is 15.5. The highest BCUT2D eigenvalue weighted by Gasteiger charge is 2.61. The summed E-state index contributed by atoms with van der Waals surface area (Å²) < 4.78 is 69.1. The molecule has 2 aromatic carbocycles. The van der Waals surface area contributed by atoms with E-state index in [1.54, 1.807) is 18.2 Å². The van der Waals surface area contributed by atoms with E-state index in [2.05, 4.69) is 0 Å². The average Bonchev–Trinajstić information content (AvgIpc) is 3.34. The molecule has 1 spiro atoms. The lowest BCUT2D eigenvalue weighted by Gasteiger charge is -2.47. The van der Waals surface area contributed by atoms with E-state index in [0.717, 1.165) is 36.4 Å². The molecular weight excluding hydrogens is 635 g/mol. The maximum absolute atomic E-state index is 12.3. The van der Waals surface area contributed by atoms with Gasteiger partial charge in [0.1, 0.15) is 4.70 Å². The van der Waals surface area contributed by atoms with E-state index in [9.17, 15) is 21.4 Å². The van der Waals surface area contributed by atoms with Crippen molar-refractivity contribution in [2.75, 3.05) is 12.3 Å². The third-order valence-corrected chi connectivity index (χ3v) is 11.9. The van der Waals surface area contributed by atoms with E-state index in [-0.39, 0.29) is 16.7 Å². The number of hydrogen-bond acceptors (Lipinski definition) is 6. The lowest BCUT2D eigenvalue weighted by molar-refractivity contribution is -0.668. The summed E-state index contributed by atoms with van der Waals surface area (Å²) in [5, 5.41) is 1.75. The van der Waals surface area contributed by atoms with Crippen LogP contribution in [-0.2, 0) is 26.8 Å². The molecule has 2 unspecified atom stereocenters. The van der Waals surface area contributed by atoms with Gasteiger partial charge in [-0.2, -0.15) is 21.4 Å². The molecule has 2 aliphatic rings. The van der Waals surface area contributed by atoms with Gasteiger partial charge >= 0.3 is 10.1 Å². The van der Waals surface area contributed by atoms with Gasteiger partial charge in [-0.3, -0.25) is 9.11 Å². The second-order valence-electron chi connectivity index (χ2n) is 9.66. The van der Waals surface area contributed by atoms with Gasteiger partial charge in [0.15, 0.2) is 17.3 Å². The molecule has 5 rings (SSSR count). The van der Waals surface area contributed by atoms with Crippen LogP contribution in [0, 0.1) is 0 Å². The van der Waals surface area contributed by atoms with Gasteiger partial charge in [0.25, 0.3) is 15.1 Å². The Kier molecular flexibility index (Phi) is 8.30. The Bertz CT molecular complexity index is 1820. The highest BCUT2D eigenvalue weighted by molar-refractivity contribution is 8.03. The molecule has 2 aliphatic heterocycles. The predicted octanol–water partition coefficient (Wildman–Crippen LogP) is 6.31. The molecule has 2 N–H and O–H groups in total. The number of aromatic nitrogens is 1. The largest absolute Gasteiger partial charge is 0.320 e. The van der Waals surface area contributed by atoms with Gasteiger partial charge in [-0.25, -0.2) is 4.48 Å². The van der Waals surface area contributed by atoms with Crippen molar-refractivity contribution in [2.45, 2.75) is 36.6 Å². The Morgan fingerprint density at radius 3 is 2.52 bits per heavy atom. The van der Waals surface area contributed by atoms with Crippen LogP contribution in [0.15, 0.2) is 70.1 Å². The van der Waals surface area contributed by atoms with Crippen molar-refractivity contribution in [1.82, 2.24) is 4.48 Å². The van der Waals surface area contributed by atoms with Crippen LogP contribution in [0.4, 0.5) is 5.69 Å². The number of fused-ring (bicyclic) bond motifs is 3. The number of nitrogens with zero attached hydrogens (tertiary/aromatic N) is 2. The van der Waals surface area contributed by atoms with E-state index >= 15 is 0 Å². The molecular formula is C26H26Cl2N2O6S4+2. The zero-order valence-corrected chi connectivity index (χ0v) is 26.0. The first-order valence-electron chi connectivity index (χ1n) is 12.2. The lowest BCUT2D eigenvalue weighted by Crippen LogP contribution is -2.66. The number of rotatable bonds is 8. The Balaban J connectivity index is 1.46. The number of benzene rings is 2. The number of aryl methyl sites for hydroxylation is 1. The van der Waals surface area contributed by atoms with Crippen molar-refractivity contribution in [3.8, 4) is 0 Å². The van der Waals surface area contributed by atoms with E-state index in [1.807, 2.05) is 54.0 Å². The smallest absolute Gasteiger partial charge is 0.286 e. The first-order chi connectivity index (χ1) is 18.8.